The Kier molecular flexibility index (Phi) is 5.56. The molecule has 3 aromatic rings. The van der Waals surface area contributed by atoms with Crippen LogP contribution in [0.25, 0.3) is 5.69 Å². The predicted octanol–water partition coefficient (Wildman–Crippen LogP) is 3.52. The van der Waals surface area contributed by atoms with E-state index in [0.29, 0.717) is 30.0 Å². The van der Waals surface area contributed by atoms with Crippen molar-refractivity contribution in [3.63, 3.8) is 0 Å². The molecule has 0 bridgehead atoms. The number of rotatable bonds is 5. The highest BCUT2D eigenvalue weighted by Gasteiger charge is 2.13. The summed E-state index contributed by atoms with van der Waals surface area (Å²) in [4.78, 5) is 14.1. The van der Waals surface area contributed by atoms with E-state index in [-0.39, 0.29) is 17.7 Å². The van der Waals surface area contributed by atoms with Crippen molar-refractivity contribution in [2.75, 3.05) is 17.6 Å². The molecule has 28 heavy (non-hydrogen) atoms. The van der Waals surface area contributed by atoms with Crippen LogP contribution in [0.2, 0.25) is 0 Å². The maximum absolute atomic E-state index is 13.3. The highest BCUT2D eigenvalue weighted by molar-refractivity contribution is 5.89. The van der Waals surface area contributed by atoms with Crippen LogP contribution in [0.3, 0.4) is 0 Å². The van der Waals surface area contributed by atoms with Crippen LogP contribution in [0.15, 0.2) is 54.7 Å². The molecule has 3 rings (SSSR count). The molecule has 0 unspecified atom stereocenters. The molecular formula is C20H19FN6O. The van der Waals surface area contributed by atoms with Gasteiger partial charge in [0.1, 0.15) is 23.3 Å². The summed E-state index contributed by atoms with van der Waals surface area (Å²) in [7, 11) is 0. The summed E-state index contributed by atoms with van der Waals surface area (Å²) in [6.45, 7) is 2.63. The number of benzene rings is 2. The van der Waals surface area contributed by atoms with Gasteiger partial charge in [-0.1, -0.05) is 12.1 Å². The van der Waals surface area contributed by atoms with E-state index in [2.05, 4.69) is 10.4 Å². The molecule has 1 heterocycles. The molecule has 7 nitrogen and oxygen atoms in total. The number of hydrogen-bond donors (Lipinski definition) is 2. The van der Waals surface area contributed by atoms with Gasteiger partial charge in [-0.3, -0.25) is 0 Å². The molecule has 8 heteroatoms. The molecule has 0 spiro atoms. The highest BCUT2D eigenvalue weighted by Crippen LogP contribution is 2.19. The largest absolute Gasteiger partial charge is 0.382 e. The summed E-state index contributed by atoms with van der Waals surface area (Å²) in [6, 6.07) is 14.8. The van der Waals surface area contributed by atoms with E-state index in [1.807, 2.05) is 13.0 Å². The monoisotopic (exact) mass is 378 g/mol. The number of carbonyl (C=O) groups is 1. The first-order valence-electron chi connectivity index (χ1n) is 8.66. The first kappa shape index (κ1) is 18.9. The Morgan fingerprint density at radius 2 is 2.07 bits per heavy atom. The zero-order valence-corrected chi connectivity index (χ0v) is 15.3. The molecule has 0 aliphatic heterocycles. The molecule has 0 radical (unpaired) electrons. The van der Waals surface area contributed by atoms with Crippen LogP contribution in [0.4, 0.5) is 20.7 Å². The van der Waals surface area contributed by atoms with Crippen LogP contribution in [0.1, 0.15) is 18.1 Å². The number of nitriles is 1. The standard InChI is InChI=1S/C20H19FN6O/c1-2-26(13-14-4-3-5-16(21)10-14)20(28)25-17-6-8-18(9-7-17)27-19(23)15(11-22)12-24-27/h3-10,12H,2,13,23H2,1H3,(H,25,28). The Balaban J connectivity index is 1.69. The zero-order chi connectivity index (χ0) is 20.1. The molecule has 0 aliphatic carbocycles. The lowest BCUT2D eigenvalue weighted by Gasteiger charge is -2.21. The zero-order valence-electron chi connectivity index (χ0n) is 15.3. The average molecular weight is 378 g/mol. The number of nitrogens with zero attached hydrogens (tertiary/aromatic N) is 4. The van der Waals surface area contributed by atoms with Crippen molar-refractivity contribution in [2.24, 2.45) is 0 Å². The Morgan fingerprint density at radius 1 is 1.32 bits per heavy atom. The summed E-state index contributed by atoms with van der Waals surface area (Å²) in [5.74, 6) is -0.0754. The van der Waals surface area contributed by atoms with Crippen LogP contribution in [0.5, 0.6) is 0 Å². The molecule has 0 aliphatic rings. The molecule has 0 saturated heterocycles. The van der Waals surface area contributed by atoms with Gasteiger partial charge in [-0.25, -0.2) is 13.9 Å². The summed E-state index contributed by atoms with van der Waals surface area (Å²) in [5.41, 5.74) is 8.16. The number of urea groups is 1. The third-order valence-electron chi connectivity index (χ3n) is 4.22. The van der Waals surface area contributed by atoms with Gasteiger partial charge in [0, 0.05) is 18.8 Å². The van der Waals surface area contributed by atoms with Gasteiger partial charge in [-0.2, -0.15) is 10.4 Å². The number of nitrogen functional groups attached to an aromatic ring is 1. The van der Waals surface area contributed by atoms with Crippen LogP contribution in [-0.2, 0) is 6.54 Å². The second-order valence-electron chi connectivity index (χ2n) is 6.09. The number of hydrogen-bond acceptors (Lipinski definition) is 4. The Morgan fingerprint density at radius 3 is 2.68 bits per heavy atom. The average Bonchev–Trinajstić information content (AvgIpc) is 3.07. The molecule has 3 N–H and O–H groups in total. The molecule has 142 valence electrons. The second-order valence-corrected chi connectivity index (χ2v) is 6.09. The molecule has 0 fully saturated rings. The van der Waals surface area contributed by atoms with E-state index in [0.717, 1.165) is 5.56 Å². The number of nitrogens with one attached hydrogen (secondary N) is 1. The van der Waals surface area contributed by atoms with Gasteiger partial charge in [0.25, 0.3) is 0 Å². The fourth-order valence-electron chi connectivity index (χ4n) is 2.72. The SMILES string of the molecule is CCN(Cc1cccc(F)c1)C(=O)Nc1ccc(-n2ncc(C#N)c2N)cc1. The van der Waals surface area contributed by atoms with Crippen molar-refractivity contribution in [1.29, 1.82) is 5.26 Å². The summed E-state index contributed by atoms with van der Waals surface area (Å²) < 4.78 is 14.8. The number of carbonyl (C=O) groups excluding carboxylic acids is 1. The first-order valence-corrected chi connectivity index (χ1v) is 8.66. The highest BCUT2D eigenvalue weighted by atomic mass is 19.1. The van der Waals surface area contributed by atoms with Crippen LogP contribution < -0.4 is 11.1 Å². The third-order valence-corrected chi connectivity index (χ3v) is 4.22. The molecule has 2 aromatic carbocycles. The fourth-order valence-corrected chi connectivity index (χ4v) is 2.72. The molecule has 0 saturated carbocycles. The van der Waals surface area contributed by atoms with Gasteiger partial charge >= 0.3 is 6.03 Å². The van der Waals surface area contributed by atoms with Crippen LogP contribution >= 0.6 is 0 Å². The predicted molar refractivity (Wildman–Crippen MR) is 104 cm³/mol. The minimum atomic E-state index is -0.331. The van der Waals surface area contributed by atoms with E-state index in [4.69, 9.17) is 11.0 Å². The van der Waals surface area contributed by atoms with Crippen molar-refractivity contribution in [1.82, 2.24) is 14.7 Å². The van der Waals surface area contributed by atoms with E-state index in [1.54, 1.807) is 41.3 Å². The van der Waals surface area contributed by atoms with Gasteiger partial charge in [0.05, 0.1) is 11.9 Å². The van der Waals surface area contributed by atoms with Gasteiger partial charge in [-0.05, 0) is 48.9 Å². The molecule has 1 aromatic heterocycles. The maximum Gasteiger partial charge on any atom is 0.322 e. The van der Waals surface area contributed by atoms with E-state index >= 15 is 0 Å². The topological polar surface area (TPSA) is 100.0 Å². The number of nitrogens with two attached hydrogens (primary N) is 1. The summed E-state index contributed by atoms with van der Waals surface area (Å²) in [5, 5.41) is 15.9. The molecular weight excluding hydrogens is 359 g/mol. The Bertz CT molecular complexity index is 1020. The Labute approximate surface area is 161 Å². The number of anilines is 2. The molecule has 2 amide bonds. The van der Waals surface area contributed by atoms with Crippen LogP contribution in [-0.4, -0.2) is 27.3 Å². The summed E-state index contributed by atoms with van der Waals surface area (Å²) >= 11 is 0. The lowest BCUT2D eigenvalue weighted by molar-refractivity contribution is 0.212. The molecule has 0 atom stereocenters. The quantitative estimate of drug-likeness (QED) is 0.709. The first-order chi connectivity index (χ1) is 13.5. The second kappa shape index (κ2) is 8.22. The number of amides is 2. The van der Waals surface area contributed by atoms with Crippen molar-refractivity contribution in [2.45, 2.75) is 13.5 Å². The van der Waals surface area contributed by atoms with E-state index < -0.39 is 0 Å². The normalized spacial score (nSPS) is 10.3. The number of aromatic nitrogens is 2. The fraction of sp³-hybridized carbons (Fsp3) is 0.150. The van der Waals surface area contributed by atoms with Crippen molar-refractivity contribution < 1.29 is 9.18 Å². The summed E-state index contributed by atoms with van der Waals surface area (Å²) in [6.07, 6.45) is 1.40. The van der Waals surface area contributed by atoms with E-state index in [1.165, 1.54) is 23.0 Å². The Hall–Kier alpha value is -3.86. The minimum Gasteiger partial charge on any atom is -0.382 e. The van der Waals surface area contributed by atoms with Gasteiger partial charge in [0.2, 0.25) is 0 Å². The van der Waals surface area contributed by atoms with Crippen molar-refractivity contribution >= 4 is 17.5 Å². The van der Waals surface area contributed by atoms with Gasteiger partial charge in [-0.15, -0.1) is 0 Å². The van der Waals surface area contributed by atoms with Crippen molar-refractivity contribution in [3.05, 3.63) is 71.7 Å². The lowest BCUT2D eigenvalue weighted by atomic mass is 10.2. The minimum absolute atomic E-state index is 0.256. The lowest BCUT2D eigenvalue weighted by Crippen LogP contribution is -2.34. The smallest absolute Gasteiger partial charge is 0.322 e. The van der Waals surface area contributed by atoms with Gasteiger partial charge in [0.15, 0.2) is 0 Å². The van der Waals surface area contributed by atoms with Crippen molar-refractivity contribution in [3.8, 4) is 11.8 Å². The van der Waals surface area contributed by atoms with Crippen LogP contribution in [0, 0.1) is 17.1 Å². The third kappa shape index (κ3) is 4.10. The number of halogens is 1. The van der Waals surface area contributed by atoms with Gasteiger partial charge < -0.3 is 16.0 Å². The van der Waals surface area contributed by atoms with E-state index in [9.17, 15) is 9.18 Å². The maximum atomic E-state index is 13.3.